The average Bonchev–Trinajstić information content (AvgIpc) is 3.12. The van der Waals surface area contributed by atoms with E-state index in [1.165, 1.54) is 0 Å². The van der Waals surface area contributed by atoms with Gasteiger partial charge in [-0.25, -0.2) is 9.78 Å². The van der Waals surface area contributed by atoms with Crippen molar-refractivity contribution in [3.63, 3.8) is 0 Å². The molecule has 0 fully saturated rings. The smallest absolute Gasteiger partial charge is 0.323 e. The summed E-state index contributed by atoms with van der Waals surface area (Å²) in [6, 6.07) is 21.9. The number of rotatable bonds is 4. The van der Waals surface area contributed by atoms with Gasteiger partial charge in [0.25, 0.3) is 0 Å². The number of amides is 2. The molecule has 128 valence electrons. The first-order valence-electron chi connectivity index (χ1n) is 8.10. The molecule has 3 N–H and O–H groups in total. The monoisotopic (exact) mass is 344 g/mol. The number of hydrogen-bond donors (Lipinski definition) is 3. The number of urea groups is 1. The van der Waals surface area contributed by atoms with Crippen LogP contribution >= 0.6 is 0 Å². The number of imidazole rings is 1. The first-order valence-corrected chi connectivity index (χ1v) is 8.10. The van der Waals surface area contributed by atoms with Crippen LogP contribution in [0.4, 0.5) is 16.2 Å². The molecule has 2 amide bonds. The number of aromatic amines is 1. The molecule has 0 aliphatic rings. The molecule has 0 saturated carbocycles. The van der Waals surface area contributed by atoms with Crippen LogP contribution in [0.25, 0.3) is 11.0 Å². The lowest BCUT2D eigenvalue weighted by Gasteiger charge is -2.09. The van der Waals surface area contributed by atoms with Crippen molar-refractivity contribution in [2.75, 3.05) is 10.6 Å². The molecule has 0 unspecified atom stereocenters. The summed E-state index contributed by atoms with van der Waals surface area (Å²) in [5, 5.41) is 5.59. The number of H-pyrrole nitrogens is 1. The van der Waals surface area contributed by atoms with E-state index in [0.717, 1.165) is 16.8 Å². The summed E-state index contributed by atoms with van der Waals surface area (Å²) in [7, 11) is 0. The van der Waals surface area contributed by atoms with E-state index in [4.69, 9.17) is 4.74 Å². The van der Waals surface area contributed by atoms with Gasteiger partial charge >= 0.3 is 6.03 Å². The SMILES string of the molecule is O=C(Nc1ccc(Oc2ccccc2)cc1)Nc1ccc2nc[nH]c2c1. The van der Waals surface area contributed by atoms with Gasteiger partial charge in [-0.05, 0) is 54.6 Å². The van der Waals surface area contributed by atoms with Gasteiger partial charge in [0.05, 0.1) is 17.4 Å². The summed E-state index contributed by atoms with van der Waals surface area (Å²) >= 11 is 0. The van der Waals surface area contributed by atoms with Crippen molar-refractivity contribution in [2.24, 2.45) is 0 Å². The zero-order valence-corrected chi connectivity index (χ0v) is 13.8. The lowest BCUT2D eigenvalue weighted by Crippen LogP contribution is -2.19. The molecule has 0 spiro atoms. The van der Waals surface area contributed by atoms with E-state index in [1.807, 2.05) is 42.5 Å². The van der Waals surface area contributed by atoms with Gasteiger partial charge in [0.2, 0.25) is 0 Å². The van der Waals surface area contributed by atoms with Crippen molar-refractivity contribution in [2.45, 2.75) is 0 Å². The van der Waals surface area contributed by atoms with Crippen LogP contribution in [-0.2, 0) is 0 Å². The zero-order chi connectivity index (χ0) is 17.8. The third-order valence-electron chi connectivity index (χ3n) is 3.77. The number of carbonyl (C=O) groups excluding carboxylic acids is 1. The van der Waals surface area contributed by atoms with E-state index in [2.05, 4.69) is 20.6 Å². The summed E-state index contributed by atoms with van der Waals surface area (Å²) in [6.45, 7) is 0. The highest BCUT2D eigenvalue weighted by Crippen LogP contribution is 2.23. The Morgan fingerprint density at radius 2 is 1.54 bits per heavy atom. The van der Waals surface area contributed by atoms with Gasteiger partial charge in [0, 0.05) is 11.4 Å². The van der Waals surface area contributed by atoms with Gasteiger partial charge in [-0.1, -0.05) is 18.2 Å². The van der Waals surface area contributed by atoms with Gasteiger partial charge in [-0.2, -0.15) is 0 Å². The number of para-hydroxylation sites is 1. The fourth-order valence-electron chi connectivity index (χ4n) is 2.54. The number of fused-ring (bicyclic) bond motifs is 1. The lowest BCUT2D eigenvalue weighted by molar-refractivity contribution is 0.262. The molecule has 26 heavy (non-hydrogen) atoms. The Labute approximate surface area is 149 Å². The van der Waals surface area contributed by atoms with Crippen LogP contribution in [0.3, 0.4) is 0 Å². The second kappa shape index (κ2) is 6.98. The predicted molar refractivity (Wildman–Crippen MR) is 102 cm³/mol. The Hall–Kier alpha value is -3.80. The summed E-state index contributed by atoms with van der Waals surface area (Å²) in [5.74, 6) is 1.46. The standard InChI is InChI=1S/C20H16N4O2/c25-20(24-15-8-11-18-19(12-15)22-13-21-18)23-14-6-9-17(10-7-14)26-16-4-2-1-3-5-16/h1-13H,(H,21,22)(H2,23,24,25). The maximum Gasteiger partial charge on any atom is 0.323 e. The number of ether oxygens (including phenoxy) is 1. The molecular formula is C20H16N4O2. The molecular weight excluding hydrogens is 328 g/mol. The second-order valence-electron chi connectivity index (χ2n) is 5.65. The Bertz CT molecular complexity index is 1030. The van der Waals surface area contributed by atoms with Gasteiger partial charge in [0.15, 0.2) is 0 Å². The molecule has 0 aliphatic carbocycles. The van der Waals surface area contributed by atoms with E-state index >= 15 is 0 Å². The van der Waals surface area contributed by atoms with Crippen molar-refractivity contribution in [3.8, 4) is 11.5 Å². The van der Waals surface area contributed by atoms with Crippen LogP contribution < -0.4 is 15.4 Å². The molecule has 6 heteroatoms. The molecule has 0 radical (unpaired) electrons. The highest BCUT2D eigenvalue weighted by molar-refractivity contribution is 6.00. The van der Waals surface area contributed by atoms with E-state index in [0.29, 0.717) is 17.1 Å². The number of benzene rings is 3. The van der Waals surface area contributed by atoms with Crippen molar-refractivity contribution in [1.29, 1.82) is 0 Å². The summed E-state index contributed by atoms with van der Waals surface area (Å²) in [4.78, 5) is 19.3. The quantitative estimate of drug-likeness (QED) is 0.487. The number of carbonyl (C=O) groups is 1. The van der Waals surface area contributed by atoms with E-state index in [1.54, 1.807) is 36.7 Å². The summed E-state index contributed by atoms with van der Waals surface area (Å²) in [6.07, 6.45) is 1.62. The van der Waals surface area contributed by atoms with Gasteiger partial charge in [-0.15, -0.1) is 0 Å². The molecule has 4 rings (SSSR count). The first-order chi connectivity index (χ1) is 12.8. The molecule has 6 nitrogen and oxygen atoms in total. The Kier molecular flexibility index (Phi) is 4.22. The maximum absolute atomic E-state index is 12.2. The zero-order valence-electron chi connectivity index (χ0n) is 13.8. The fourth-order valence-corrected chi connectivity index (χ4v) is 2.54. The number of nitrogens with zero attached hydrogens (tertiary/aromatic N) is 1. The van der Waals surface area contributed by atoms with E-state index < -0.39 is 0 Å². The van der Waals surface area contributed by atoms with Gasteiger partial charge in [0.1, 0.15) is 11.5 Å². The Balaban J connectivity index is 1.38. The minimum Gasteiger partial charge on any atom is -0.457 e. The molecule has 4 aromatic rings. The Morgan fingerprint density at radius 3 is 2.35 bits per heavy atom. The van der Waals surface area contributed by atoms with Crippen LogP contribution in [0, 0.1) is 0 Å². The van der Waals surface area contributed by atoms with Crippen LogP contribution in [-0.4, -0.2) is 16.0 Å². The molecule has 1 heterocycles. The molecule has 0 atom stereocenters. The molecule has 3 aromatic carbocycles. The number of anilines is 2. The third-order valence-corrected chi connectivity index (χ3v) is 3.77. The highest BCUT2D eigenvalue weighted by atomic mass is 16.5. The van der Waals surface area contributed by atoms with E-state index in [-0.39, 0.29) is 6.03 Å². The van der Waals surface area contributed by atoms with Crippen LogP contribution in [0.5, 0.6) is 11.5 Å². The normalized spacial score (nSPS) is 10.5. The largest absolute Gasteiger partial charge is 0.457 e. The molecule has 0 saturated heterocycles. The highest BCUT2D eigenvalue weighted by Gasteiger charge is 2.05. The maximum atomic E-state index is 12.2. The topological polar surface area (TPSA) is 79.0 Å². The minimum absolute atomic E-state index is 0.319. The van der Waals surface area contributed by atoms with Crippen LogP contribution in [0.2, 0.25) is 0 Å². The van der Waals surface area contributed by atoms with E-state index in [9.17, 15) is 4.79 Å². The first kappa shape index (κ1) is 15.7. The average molecular weight is 344 g/mol. The van der Waals surface area contributed by atoms with Crippen LogP contribution in [0.1, 0.15) is 0 Å². The minimum atomic E-state index is -0.319. The number of hydrogen-bond acceptors (Lipinski definition) is 3. The summed E-state index contributed by atoms with van der Waals surface area (Å²) in [5.41, 5.74) is 3.07. The van der Waals surface area contributed by atoms with Crippen molar-refractivity contribution >= 4 is 28.4 Å². The third kappa shape index (κ3) is 3.64. The van der Waals surface area contributed by atoms with Crippen LogP contribution in [0.15, 0.2) is 79.1 Å². The molecule has 0 bridgehead atoms. The van der Waals surface area contributed by atoms with Crippen molar-refractivity contribution < 1.29 is 9.53 Å². The van der Waals surface area contributed by atoms with Gasteiger partial charge in [-0.3, -0.25) is 0 Å². The van der Waals surface area contributed by atoms with Gasteiger partial charge < -0.3 is 20.4 Å². The number of aromatic nitrogens is 2. The molecule has 0 aliphatic heterocycles. The fraction of sp³-hybridized carbons (Fsp3) is 0. The van der Waals surface area contributed by atoms with Crippen molar-refractivity contribution in [1.82, 2.24) is 9.97 Å². The lowest BCUT2D eigenvalue weighted by atomic mass is 10.3. The predicted octanol–water partition coefficient (Wildman–Crippen LogP) is 5.00. The molecule has 1 aromatic heterocycles. The Morgan fingerprint density at radius 1 is 0.846 bits per heavy atom. The second-order valence-corrected chi connectivity index (χ2v) is 5.65. The summed E-state index contributed by atoms with van der Waals surface area (Å²) < 4.78 is 5.73. The van der Waals surface area contributed by atoms with Crippen molar-refractivity contribution in [3.05, 3.63) is 79.1 Å². The number of nitrogens with one attached hydrogen (secondary N) is 3.